The zero-order valence-corrected chi connectivity index (χ0v) is 20.1. The van der Waals surface area contributed by atoms with Crippen molar-refractivity contribution in [1.29, 1.82) is 0 Å². The number of halogens is 1. The van der Waals surface area contributed by atoms with E-state index >= 15 is 0 Å². The number of methoxy groups -OCH3 is 1. The summed E-state index contributed by atoms with van der Waals surface area (Å²) >= 11 is 0. The number of benzene rings is 2. The largest absolute Gasteiger partial charge is 0.496 e. The van der Waals surface area contributed by atoms with Crippen molar-refractivity contribution in [2.45, 2.75) is 39.0 Å². The summed E-state index contributed by atoms with van der Waals surface area (Å²) in [5, 5.41) is 3.22. The molecular formula is C23H32IN3O2. The van der Waals surface area contributed by atoms with E-state index in [0.717, 1.165) is 37.5 Å². The maximum absolute atomic E-state index is 6.22. The van der Waals surface area contributed by atoms with Gasteiger partial charge in [-0.25, -0.2) is 0 Å². The Bertz CT molecular complexity index is 861. The van der Waals surface area contributed by atoms with Gasteiger partial charge in [-0.2, -0.15) is 0 Å². The number of guanidine groups is 1. The molecule has 0 bridgehead atoms. The van der Waals surface area contributed by atoms with Crippen LogP contribution in [0.1, 0.15) is 35.1 Å². The average Bonchev–Trinajstić information content (AvgIpc) is 2.70. The van der Waals surface area contributed by atoms with Gasteiger partial charge in [-0.3, -0.25) is 4.99 Å². The van der Waals surface area contributed by atoms with Gasteiger partial charge in [0, 0.05) is 29.9 Å². The third kappa shape index (κ3) is 5.63. The summed E-state index contributed by atoms with van der Waals surface area (Å²) in [5.41, 5.74) is 11.9. The summed E-state index contributed by atoms with van der Waals surface area (Å²) in [7, 11) is 1.72. The lowest BCUT2D eigenvalue weighted by Gasteiger charge is -2.37. The Morgan fingerprint density at radius 1 is 1.10 bits per heavy atom. The Kier molecular flexibility index (Phi) is 8.34. The fourth-order valence-corrected chi connectivity index (χ4v) is 3.75. The molecule has 1 fully saturated rings. The van der Waals surface area contributed by atoms with Gasteiger partial charge in [0.05, 0.1) is 13.7 Å². The van der Waals surface area contributed by atoms with E-state index in [4.69, 9.17) is 20.2 Å². The highest BCUT2D eigenvalue weighted by molar-refractivity contribution is 14.0. The first-order valence-electron chi connectivity index (χ1n) is 9.80. The normalized spacial score (nSPS) is 16.1. The Labute approximate surface area is 191 Å². The van der Waals surface area contributed by atoms with E-state index in [1.165, 1.54) is 22.3 Å². The first-order chi connectivity index (χ1) is 13.4. The molecule has 3 N–H and O–H groups in total. The van der Waals surface area contributed by atoms with Gasteiger partial charge in [0.15, 0.2) is 5.96 Å². The van der Waals surface area contributed by atoms with Crippen LogP contribution >= 0.6 is 24.0 Å². The molecule has 0 atom stereocenters. The average molecular weight is 509 g/mol. The molecule has 0 amide bonds. The SMILES string of the molecule is COc1ccc(C)cc1C1(CN=C(N)Nc2ccc(C)c(C)c2)CCOCC1.I. The minimum absolute atomic E-state index is 0. The van der Waals surface area contributed by atoms with Gasteiger partial charge < -0.3 is 20.5 Å². The Balaban J connectivity index is 0.00000300. The zero-order valence-electron chi connectivity index (χ0n) is 17.7. The predicted molar refractivity (Wildman–Crippen MR) is 131 cm³/mol. The van der Waals surface area contributed by atoms with Gasteiger partial charge in [-0.05, 0) is 62.9 Å². The van der Waals surface area contributed by atoms with Crippen LogP contribution in [-0.4, -0.2) is 32.8 Å². The predicted octanol–water partition coefficient (Wildman–Crippen LogP) is 4.71. The smallest absolute Gasteiger partial charge is 0.193 e. The van der Waals surface area contributed by atoms with Crippen LogP contribution in [0.3, 0.4) is 0 Å². The summed E-state index contributed by atoms with van der Waals surface area (Å²) < 4.78 is 11.3. The fourth-order valence-electron chi connectivity index (χ4n) is 3.75. The summed E-state index contributed by atoms with van der Waals surface area (Å²) in [6, 6.07) is 12.5. The molecule has 0 aromatic heterocycles. The van der Waals surface area contributed by atoms with Crippen molar-refractivity contribution in [3.63, 3.8) is 0 Å². The second-order valence-corrected chi connectivity index (χ2v) is 7.72. The van der Waals surface area contributed by atoms with E-state index in [-0.39, 0.29) is 29.4 Å². The molecule has 158 valence electrons. The molecule has 0 unspecified atom stereocenters. The molecule has 1 saturated heterocycles. The number of nitrogens with one attached hydrogen (secondary N) is 1. The zero-order chi connectivity index (χ0) is 20.1. The van der Waals surface area contributed by atoms with Crippen LogP contribution < -0.4 is 15.8 Å². The molecule has 6 heteroatoms. The van der Waals surface area contributed by atoms with Gasteiger partial charge in [-0.1, -0.05) is 23.8 Å². The van der Waals surface area contributed by atoms with E-state index < -0.39 is 0 Å². The quantitative estimate of drug-likeness (QED) is 0.348. The fraction of sp³-hybridized carbons (Fsp3) is 0.435. The number of rotatable bonds is 5. The molecule has 0 aliphatic carbocycles. The van der Waals surface area contributed by atoms with E-state index in [1.54, 1.807) is 7.11 Å². The molecule has 1 aliphatic rings. The molecule has 3 rings (SSSR count). The van der Waals surface area contributed by atoms with E-state index in [9.17, 15) is 0 Å². The minimum Gasteiger partial charge on any atom is -0.496 e. The monoisotopic (exact) mass is 509 g/mol. The minimum atomic E-state index is -0.134. The van der Waals surface area contributed by atoms with Crippen molar-refractivity contribution in [1.82, 2.24) is 0 Å². The summed E-state index contributed by atoms with van der Waals surface area (Å²) in [4.78, 5) is 4.72. The van der Waals surface area contributed by atoms with Crippen molar-refractivity contribution in [2.24, 2.45) is 10.7 Å². The maximum atomic E-state index is 6.22. The second kappa shape index (κ2) is 10.3. The number of anilines is 1. The van der Waals surface area contributed by atoms with Gasteiger partial charge in [0.2, 0.25) is 0 Å². The van der Waals surface area contributed by atoms with Crippen molar-refractivity contribution in [3.8, 4) is 5.75 Å². The Hall–Kier alpha value is -1.80. The molecule has 5 nitrogen and oxygen atoms in total. The third-order valence-electron chi connectivity index (χ3n) is 5.71. The summed E-state index contributed by atoms with van der Waals surface area (Å²) in [6.07, 6.45) is 1.79. The highest BCUT2D eigenvalue weighted by Crippen LogP contribution is 2.40. The maximum Gasteiger partial charge on any atom is 0.193 e. The lowest BCUT2D eigenvalue weighted by Crippen LogP contribution is -2.38. The van der Waals surface area contributed by atoms with Crippen molar-refractivity contribution >= 4 is 35.6 Å². The van der Waals surface area contributed by atoms with E-state index in [0.29, 0.717) is 12.5 Å². The number of nitrogens with two attached hydrogens (primary N) is 1. The van der Waals surface area contributed by atoms with Crippen molar-refractivity contribution < 1.29 is 9.47 Å². The molecule has 2 aromatic rings. The highest BCUT2D eigenvalue weighted by Gasteiger charge is 2.37. The Morgan fingerprint density at radius 3 is 2.48 bits per heavy atom. The molecule has 1 aliphatic heterocycles. The van der Waals surface area contributed by atoms with Gasteiger partial charge in [-0.15, -0.1) is 24.0 Å². The van der Waals surface area contributed by atoms with Crippen LogP contribution in [0, 0.1) is 20.8 Å². The second-order valence-electron chi connectivity index (χ2n) is 7.72. The summed E-state index contributed by atoms with van der Waals surface area (Å²) in [5.74, 6) is 1.34. The molecular weight excluding hydrogens is 477 g/mol. The molecule has 0 radical (unpaired) electrons. The van der Waals surface area contributed by atoms with Crippen LogP contribution in [-0.2, 0) is 10.2 Å². The van der Waals surface area contributed by atoms with E-state index in [2.05, 4.69) is 50.4 Å². The molecule has 1 heterocycles. The van der Waals surface area contributed by atoms with Crippen molar-refractivity contribution in [2.75, 3.05) is 32.2 Å². The van der Waals surface area contributed by atoms with Crippen LogP contribution in [0.4, 0.5) is 5.69 Å². The summed E-state index contributed by atoms with van der Waals surface area (Å²) in [6.45, 7) is 8.33. The third-order valence-corrected chi connectivity index (χ3v) is 5.71. The molecule has 29 heavy (non-hydrogen) atoms. The number of ether oxygens (including phenoxy) is 2. The number of aliphatic imine (C=N–C) groups is 1. The molecule has 2 aromatic carbocycles. The molecule has 0 saturated carbocycles. The van der Waals surface area contributed by atoms with Crippen LogP contribution in [0.25, 0.3) is 0 Å². The van der Waals surface area contributed by atoms with E-state index in [1.807, 2.05) is 12.1 Å². The van der Waals surface area contributed by atoms with Gasteiger partial charge in [0.1, 0.15) is 5.75 Å². The standard InChI is InChI=1S/C23H31N3O2.HI/c1-16-5-8-21(27-4)20(13-16)23(9-11-28-12-10-23)15-25-22(24)26-19-7-6-17(2)18(3)14-19;/h5-8,13-14H,9-12,15H2,1-4H3,(H3,24,25,26);1H. The first-order valence-corrected chi connectivity index (χ1v) is 9.80. The van der Waals surface area contributed by atoms with Crippen LogP contribution in [0.2, 0.25) is 0 Å². The van der Waals surface area contributed by atoms with Gasteiger partial charge in [0.25, 0.3) is 0 Å². The Morgan fingerprint density at radius 2 is 1.83 bits per heavy atom. The van der Waals surface area contributed by atoms with Crippen LogP contribution in [0.15, 0.2) is 41.4 Å². The number of hydrogen-bond donors (Lipinski definition) is 2. The first kappa shape index (κ1) is 23.5. The van der Waals surface area contributed by atoms with Crippen molar-refractivity contribution in [3.05, 3.63) is 58.7 Å². The number of hydrogen-bond acceptors (Lipinski definition) is 3. The highest BCUT2D eigenvalue weighted by atomic mass is 127. The lowest BCUT2D eigenvalue weighted by molar-refractivity contribution is 0.0523. The number of aryl methyl sites for hydroxylation is 3. The topological polar surface area (TPSA) is 68.9 Å². The lowest BCUT2D eigenvalue weighted by atomic mass is 9.73. The van der Waals surface area contributed by atoms with Crippen LogP contribution in [0.5, 0.6) is 5.75 Å². The number of nitrogens with zero attached hydrogens (tertiary/aromatic N) is 1. The molecule has 0 spiro atoms. The van der Waals surface area contributed by atoms with Gasteiger partial charge >= 0.3 is 0 Å².